The number of carbonyl (C=O) groups excluding carboxylic acids is 1. The molecule has 1 aromatic carbocycles. The number of thioether (sulfide) groups is 1. The molecule has 0 saturated carbocycles. The second-order valence-electron chi connectivity index (χ2n) is 5.27. The number of benzene rings is 1. The fraction of sp³-hybridized carbons (Fsp3) is 0.533. The van der Waals surface area contributed by atoms with Gasteiger partial charge in [-0.15, -0.1) is 11.8 Å². The van der Waals surface area contributed by atoms with Gasteiger partial charge in [0.2, 0.25) is 0 Å². The first-order valence-corrected chi connectivity index (χ1v) is 8.07. The van der Waals surface area contributed by atoms with Crippen LogP contribution in [0.4, 0.5) is 0 Å². The Morgan fingerprint density at radius 3 is 2.70 bits per heavy atom. The van der Waals surface area contributed by atoms with Crippen LogP contribution in [0.25, 0.3) is 0 Å². The Bertz CT molecular complexity index is 475. The monoisotopic (exact) mass is 315 g/mol. The third-order valence-corrected chi connectivity index (χ3v) is 4.53. The van der Waals surface area contributed by atoms with Gasteiger partial charge in [0.1, 0.15) is 0 Å². The van der Waals surface area contributed by atoms with Crippen LogP contribution >= 0.6 is 23.4 Å². The molecule has 2 N–H and O–H groups in total. The van der Waals surface area contributed by atoms with E-state index in [1.165, 1.54) is 0 Å². The van der Waals surface area contributed by atoms with Crippen molar-refractivity contribution in [2.75, 3.05) is 12.3 Å². The lowest BCUT2D eigenvalue weighted by molar-refractivity contribution is 0.0142. The van der Waals surface area contributed by atoms with E-state index in [2.05, 4.69) is 5.32 Å². The normalized spacial score (nSPS) is 14.2. The van der Waals surface area contributed by atoms with Crippen molar-refractivity contribution in [3.63, 3.8) is 0 Å². The van der Waals surface area contributed by atoms with Crippen LogP contribution in [-0.2, 0) is 0 Å². The molecule has 3 nitrogen and oxygen atoms in total. The van der Waals surface area contributed by atoms with Gasteiger partial charge in [0.25, 0.3) is 5.91 Å². The fourth-order valence-electron chi connectivity index (χ4n) is 1.52. The molecule has 1 amide bonds. The van der Waals surface area contributed by atoms with E-state index in [9.17, 15) is 9.90 Å². The molecule has 0 spiro atoms. The minimum absolute atomic E-state index is 0.0617. The summed E-state index contributed by atoms with van der Waals surface area (Å²) in [6, 6.07) is 5.30. The van der Waals surface area contributed by atoms with Crippen LogP contribution in [0, 0.1) is 5.92 Å². The summed E-state index contributed by atoms with van der Waals surface area (Å²) >= 11 is 7.56. The first-order valence-electron chi connectivity index (χ1n) is 6.71. The largest absolute Gasteiger partial charge is 0.388 e. The van der Waals surface area contributed by atoms with Crippen molar-refractivity contribution in [3.05, 3.63) is 28.8 Å². The number of carbonyl (C=O) groups is 1. The predicted molar refractivity (Wildman–Crippen MR) is 85.6 cm³/mol. The topological polar surface area (TPSA) is 49.3 Å². The average molecular weight is 316 g/mol. The molecule has 0 aliphatic rings. The van der Waals surface area contributed by atoms with E-state index >= 15 is 0 Å². The molecular formula is C15H22ClNO2S. The van der Waals surface area contributed by atoms with Gasteiger partial charge in [0.15, 0.2) is 0 Å². The van der Waals surface area contributed by atoms with Crippen molar-refractivity contribution < 1.29 is 9.90 Å². The number of amides is 1. The lowest BCUT2D eigenvalue weighted by atomic mass is 9.92. The van der Waals surface area contributed by atoms with Gasteiger partial charge >= 0.3 is 0 Å². The van der Waals surface area contributed by atoms with Gasteiger partial charge in [-0.2, -0.15) is 0 Å². The molecule has 0 aliphatic heterocycles. The highest BCUT2D eigenvalue weighted by atomic mass is 35.5. The van der Waals surface area contributed by atoms with Crippen LogP contribution in [0.5, 0.6) is 0 Å². The Labute approximate surface area is 130 Å². The van der Waals surface area contributed by atoms with E-state index in [1.54, 1.807) is 30.8 Å². The molecule has 5 heteroatoms. The van der Waals surface area contributed by atoms with E-state index < -0.39 is 5.60 Å². The Hall–Kier alpha value is -0.710. The van der Waals surface area contributed by atoms with Crippen LogP contribution < -0.4 is 5.32 Å². The number of hydrogen-bond donors (Lipinski definition) is 2. The molecule has 0 fully saturated rings. The average Bonchev–Trinajstić information content (AvgIpc) is 2.38. The standard InChI is InChI=1S/C15H22ClNO2S/c1-5-20-13-7-6-11(16)8-12(13)14(18)17-9-15(4,19)10(2)3/h6-8,10,19H,5,9H2,1-4H3,(H,17,18). The SMILES string of the molecule is CCSc1ccc(Cl)cc1C(=O)NCC(C)(O)C(C)C. The van der Waals surface area contributed by atoms with Crippen molar-refractivity contribution in [1.82, 2.24) is 5.32 Å². The molecule has 0 heterocycles. The van der Waals surface area contributed by atoms with Gasteiger partial charge < -0.3 is 10.4 Å². The van der Waals surface area contributed by atoms with Gasteiger partial charge in [0, 0.05) is 16.5 Å². The molecule has 0 aliphatic carbocycles. The van der Waals surface area contributed by atoms with Crippen molar-refractivity contribution >= 4 is 29.3 Å². The zero-order valence-corrected chi connectivity index (χ0v) is 13.9. The van der Waals surface area contributed by atoms with Crippen molar-refractivity contribution in [1.29, 1.82) is 0 Å². The molecule has 0 radical (unpaired) electrons. The van der Waals surface area contributed by atoms with Gasteiger partial charge in [-0.3, -0.25) is 4.79 Å². The first kappa shape index (κ1) is 17.3. The zero-order chi connectivity index (χ0) is 15.3. The number of rotatable bonds is 6. The Balaban J connectivity index is 2.84. The molecule has 20 heavy (non-hydrogen) atoms. The minimum Gasteiger partial charge on any atom is -0.388 e. The van der Waals surface area contributed by atoms with Gasteiger partial charge in [-0.1, -0.05) is 32.4 Å². The quantitative estimate of drug-likeness (QED) is 0.789. The molecule has 1 atom stereocenters. The maximum Gasteiger partial charge on any atom is 0.252 e. The third kappa shape index (κ3) is 4.69. The number of hydrogen-bond acceptors (Lipinski definition) is 3. The highest BCUT2D eigenvalue weighted by Crippen LogP contribution is 2.25. The molecule has 0 bridgehead atoms. The molecule has 0 saturated heterocycles. The van der Waals surface area contributed by atoms with Crippen LogP contribution in [-0.4, -0.2) is 28.9 Å². The smallest absolute Gasteiger partial charge is 0.252 e. The second-order valence-corrected chi connectivity index (χ2v) is 7.01. The van der Waals surface area contributed by atoms with Gasteiger partial charge in [-0.25, -0.2) is 0 Å². The minimum atomic E-state index is -0.924. The summed E-state index contributed by atoms with van der Waals surface area (Å²) < 4.78 is 0. The highest BCUT2D eigenvalue weighted by molar-refractivity contribution is 7.99. The fourth-order valence-corrected chi connectivity index (χ4v) is 2.47. The summed E-state index contributed by atoms with van der Waals surface area (Å²) in [5.74, 6) is 0.738. The zero-order valence-electron chi connectivity index (χ0n) is 12.4. The third-order valence-electron chi connectivity index (χ3n) is 3.34. The molecular weight excluding hydrogens is 294 g/mol. The first-order chi connectivity index (χ1) is 9.27. The predicted octanol–water partition coefficient (Wildman–Crippen LogP) is 3.59. The number of halogens is 1. The molecule has 1 unspecified atom stereocenters. The van der Waals surface area contributed by atoms with Crippen LogP contribution in [0.2, 0.25) is 5.02 Å². The van der Waals surface area contributed by atoms with E-state index in [4.69, 9.17) is 11.6 Å². The van der Waals surface area contributed by atoms with Crippen molar-refractivity contribution in [3.8, 4) is 0 Å². The second kappa shape index (κ2) is 7.34. The summed E-state index contributed by atoms with van der Waals surface area (Å²) in [6.45, 7) is 7.81. The van der Waals surface area contributed by atoms with E-state index in [0.29, 0.717) is 10.6 Å². The van der Waals surface area contributed by atoms with Crippen LogP contribution in [0.15, 0.2) is 23.1 Å². The summed E-state index contributed by atoms with van der Waals surface area (Å²) in [4.78, 5) is 13.2. The van der Waals surface area contributed by atoms with E-state index in [0.717, 1.165) is 10.6 Å². The van der Waals surface area contributed by atoms with Crippen LogP contribution in [0.3, 0.4) is 0 Å². The number of aliphatic hydroxyl groups is 1. The van der Waals surface area contributed by atoms with Gasteiger partial charge in [-0.05, 0) is 36.8 Å². The Morgan fingerprint density at radius 1 is 1.50 bits per heavy atom. The lowest BCUT2D eigenvalue weighted by Crippen LogP contribution is -2.44. The van der Waals surface area contributed by atoms with Crippen LogP contribution in [0.1, 0.15) is 38.1 Å². The van der Waals surface area contributed by atoms with E-state index in [1.807, 2.05) is 26.8 Å². The maximum absolute atomic E-state index is 12.3. The maximum atomic E-state index is 12.3. The Morgan fingerprint density at radius 2 is 2.15 bits per heavy atom. The van der Waals surface area contributed by atoms with Crippen molar-refractivity contribution in [2.24, 2.45) is 5.92 Å². The summed E-state index contributed by atoms with van der Waals surface area (Å²) in [5, 5.41) is 13.5. The van der Waals surface area contributed by atoms with Gasteiger partial charge in [0.05, 0.1) is 11.2 Å². The molecule has 0 aromatic heterocycles. The Kier molecular flexibility index (Phi) is 6.37. The van der Waals surface area contributed by atoms with Crippen molar-refractivity contribution in [2.45, 2.75) is 38.2 Å². The number of nitrogens with one attached hydrogen (secondary N) is 1. The summed E-state index contributed by atoms with van der Waals surface area (Å²) in [7, 11) is 0. The summed E-state index contributed by atoms with van der Waals surface area (Å²) in [5.41, 5.74) is -0.365. The van der Waals surface area contributed by atoms with E-state index in [-0.39, 0.29) is 18.4 Å². The summed E-state index contributed by atoms with van der Waals surface area (Å²) in [6.07, 6.45) is 0. The molecule has 112 valence electrons. The highest BCUT2D eigenvalue weighted by Gasteiger charge is 2.26. The molecule has 1 rings (SSSR count). The molecule has 1 aromatic rings. The lowest BCUT2D eigenvalue weighted by Gasteiger charge is -2.28.